The van der Waals surface area contributed by atoms with Gasteiger partial charge in [-0.25, -0.2) is 4.98 Å². The van der Waals surface area contributed by atoms with E-state index in [4.69, 9.17) is 11.1 Å². The lowest BCUT2D eigenvalue weighted by atomic mass is 10.1. The van der Waals surface area contributed by atoms with E-state index in [-0.39, 0.29) is 5.84 Å². The van der Waals surface area contributed by atoms with Gasteiger partial charge < -0.3 is 10.7 Å². The van der Waals surface area contributed by atoms with Crippen LogP contribution in [0.4, 0.5) is 0 Å². The molecule has 0 radical (unpaired) electrons. The van der Waals surface area contributed by atoms with Crippen molar-refractivity contribution in [3.05, 3.63) is 48.4 Å². The molecular weight excluding hydrogens is 258 g/mol. The van der Waals surface area contributed by atoms with E-state index >= 15 is 0 Å². The number of fused-ring (bicyclic) bond motifs is 1. The molecular formula is C13H11N5S. The monoisotopic (exact) mass is 269 g/mol. The molecule has 19 heavy (non-hydrogen) atoms. The average molecular weight is 269 g/mol. The Kier molecular flexibility index (Phi) is 2.92. The maximum Gasteiger partial charge on any atom is 0.170 e. The third-order valence-corrected chi connectivity index (χ3v) is 3.75. The van der Waals surface area contributed by atoms with Crippen LogP contribution in [0.3, 0.4) is 0 Å². The standard InChI is InChI=1S/C13H11N5S/c14-12(15)9-7-18-10-4-2-1-3-8(10)11(9)19-13-16-5-6-17-13/h1-7H,(H3,14,15)(H,16,17). The first-order chi connectivity index (χ1) is 9.25. The van der Waals surface area contributed by atoms with Crippen molar-refractivity contribution in [3.63, 3.8) is 0 Å². The zero-order valence-corrected chi connectivity index (χ0v) is 10.7. The van der Waals surface area contributed by atoms with E-state index in [1.165, 1.54) is 11.8 Å². The van der Waals surface area contributed by atoms with E-state index in [1.807, 2.05) is 24.3 Å². The highest BCUT2D eigenvalue weighted by atomic mass is 32.2. The Morgan fingerprint density at radius 2 is 2.11 bits per heavy atom. The van der Waals surface area contributed by atoms with Gasteiger partial charge >= 0.3 is 0 Å². The predicted octanol–water partition coefficient (Wildman–Crippen LogP) is 2.39. The molecule has 0 saturated carbocycles. The van der Waals surface area contributed by atoms with Crippen molar-refractivity contribution in [3.8, 4) is 0 Å². The van der Waals surface area contributed by atoms with Gasteiger partial charge in [-0.2, -0.15) is 0 Å². The minimum atomic E-state index is 0.00677. The first-order valence-electron chi connectivity index (χ1n) is 5.65. The Hall–Kier alpha value is -2.34. The van der Waals surface area contributed by atoms with Gasteiger partial charge in [0, 0.05) is 34.4 Å². The summed E-state index contributed by atoms with van der Waals surface area (Å²) in [6, 6.07) is 7.79. The lowest BCUT2D eigenvalue weighted by Crippen LogP contribution is -2.13. The van der Waals surface area contributed by atoms with Gasteiger partial charge in [0.15, 0.2) is 5.16 Å². The zero-order valence-electron chi connectivity index (χ0n) is 9.92. The van der Waals surface area contributed by atoms with Crippen LogP contribution in [0.1, 0.15) is 5.56 Å². The highest BCUT2D eigenvalue weighted by Gasteiger charge is 2.13. The third kappa shape index (κ3) is 2.17. The van der Waals surface area contributed by atoms with Crippen LogP contribution in [-0.2, 0) is 0 Å². The molecule has 0 saturated heterocycles. The first kappa shape index (κ1) is 11.7. The number of nitrogens with one attached hydrogen (secondary N) is 2. The van der Waals surface area contributed by atoms with Crippen LogP contribution in [0, 0.1) is 5.41 Å². The molecule has 0 atom stereocenters. The quantitative estimate of drug-likeness (QED) is 0.503. The van der Waals surface area contributed by atoms with Crippen LogP contribution in [0.2, 0.25) is 0 Å². The summed E-state index contributed by atoms with van der Waals surface area (Å²) in [6.45, 7) is 0. The molecule has 3 aromatic rings. The Morgan fingerprint density at radius 3 is 2.84 bits per heavy atom. The number of para-hydroxylation sites is 1. The van der Waals surface area contributed by atoms with Crippen molar-refractivity contribution >= 4 is 28.5 Å². The van der Waals surface area contributed by atoms with Crippen molar-refractivity contribution in [1.29, 1.82) is 5.41 Å². The molecule has 0 aliphatic heterocycles. The smallest absolute Gasteiger partial charge is 0.170 e. The molecule has 2 aromatic heterocycles. The summed E-state index contributed by atoms with van der Waals surface area (Å²) >= 11 is 1.45. The van der Waals surface area contributed by atoms with Crippen LogP contribution in [0.15, 0.2) is 52.9 Å². The van der Waals surface area contributed by atoms with Gasteiger partial charge in [0.2, 0.25) is 0 Å². The van der Waals surface area contributed by atoms with Crippen LogP contribution in [-0.4, -0.2) is 20.8 Å². The number of H-pyrrole nitrogens is 1. The second kappa shape index (κ2) is 4.74. The van der Waals surface area contributed by atoms with E-state index in [1.54, 1.807) is 18.6 Å². The second-order valence-corrected chi connectivity index (χ2v) is 4.93. The minimum absolute atomic E-state index is 0.00677. The van der Waals surface area contributed by atoms with Gasteiger partial charge in [-0.05, 0) is 6.07 Å². The molecule has 94 valence electrons. The van der Waals surface area contributed by atoms with Crippen molar-refractivity contribution in [1.82, 2.24) is 15.0 Å². The number of aromatic nitrogens is 3. The minimum Gasteiger partial charge on any atom is -0.384 e. The highest BCUT2D eigenvalue weighted by Crippen LogP contribution is 2.33. The predicted molar refractivity (Wildman–Crippen MR) is 75.5 cm³/mol. The van der Waals surface area contributed by atoms with Gasteiger partial charge in [-0.3, -0.25) is 10.4 Å². The number of hydrogen-bond acceptors (Lipinski definition) is 4. The molecule has 0 unspecified atom stereocenters. The highest BCUT2D eigenvalue weighted by molar-refractivity contribution is 7.99. The number of amidine groups is 1. The number of imidazole rings is 1. The summed E-state index contributed by atoms with van der Waals surface area (Å²) in [5.41, 5.74) is 7.14. The molecule has 0 aliphatic carbocycles. The lowest BCUT2D eigenvalue weighted by Gasteiger charge is -2.09. The lowest BCUT2D eigenvalue weighted by molar-refractivity contribution is 1.06. The first-order valence-corrected chi connectivity index (χ1v) is 6.47. The molecule has 5 nitrogen and oxygen atoms in total. The Balaban J connectivity index is 2.22. The van der Waals surface area contributed by atoms with Crippen LogP contribution < -0.4 is 5.73 Å². The molecule has 0 fully saturated rings. The maximum absolute atomic E-state index is 7.67. The molecule has 0 amide bonds. The largest absolute Gasteiger partial charge is 0.384 e. The molecule has 4 N–H and O–H groups in total. The fraction of sp³-hybridized carbons (Fsp3) is 0. The SMILES string of the molecule is N=C(N)c1cnc2ccccc2c1Sc1ncc[nH]1. The van der Waals surface area contributed by atoms with Crippen molar-refractivity contribution in [2.75, 3.05) is 0 Å². The van der Waals surface area contributed by atoms with Gasteiger partial charge in [-0.15, -0.1) is 0 Å². The number of nitrogen functional groups attached to an aromatic ring is 1. The molecule has 3 rings (SSSR count). The molecule has 2 heterocycles. The summed E-state index contributed by atoms with van der Waals surface area (Å²) < 4.78 is 0. The maximum atomic E-state index is 7.67. The number of hydrogen-bond donors (Lipinski definition) is 3. The Bertz CT molecular complexity index is 736. The van der Waals surface area contributed by atoms with Gasteiger partial charge in [-0.1, -0.05) is 30.0 Å². The summed E-state index contributed by atoms with van der Waals surface area (Å²) in [6.07, 6.45) is 5.09. The van der Waals surface area contributed by atoms with Crippen LogP contribution >= 0.6 is 11.8 Å². The van der Waals surface area contributed by atoms with E-state index in [9.17, 15) is 0 Å². The number of rotatable bonds is 3. The molecule has 0 spiro atoms. The average Bonchev–Trinajstić information content (AvgIpc) is 2.92. The number of benzene rings is 1. The number of pyridine rings is 1. The number of aromatic amines is 1. The number of nitrogens with zero attached hydrogens (tertiary/aromatic N) is 2. The summed E-state index contributed by atoms with van der Waals surface area (Å²) in [5.74, 6) is 0.00677. The number of nitrogens with two attached hydrogens (primary N) is 1. The van der Waals surface area contributed by atoms with Crippen molar-refractivity contribution < 1.29 is 0 Å². The Labute approximate surface area is 113 Å². The molecule has 0 bridgehead atoms. The van der Waals surface area contributed by atoms with E-state index in [2.05, 4.69) is 15.0 Å². The summed E-state index contributed by atoms with van der Waals surface area (Å²) in [7, 11) is 0. The third-order valence-electron chi connectivity index (χ3n) is 2.69. The summed E-state index contributed by atoms with van der Waals surface area (Å²) in [4.78, 5) is 12.5. The van der Waals surface area contributed by atoms with E-state index in [0.717, 1.165) is 21.0 Å². The second-order valence-electron chi connectivity index (χ2n) is 3.93. The fourth-order valence-electron chi connectivity index (χ4n) is 1.82. The van der Waals surface area contributed by atoms with E-state index in [0.29, 0.717) is 5.56 Å². The van der Waals surface area contributed by atoms with Crippen molar-refractivity contribution in [2.24, 2.45) is 5.73 Å². The molecule has 1 aromatic carbocycles. The van der Waals surface area contributed by atoms with Crippen LogP contribution in [0.25, 0.3) is 10.9 Å². The Morgan fingerprint density at radius 1 is 1.26 bits per heavy atom. The normalized spacial score (nSPS) is 10.7. The fourth-order valence-corrected chi connectivity index (χ4v) is 2.81. The van der Waals surface area contributed by atoms with Gasteiger partial charge in [0.1, 0.15) is 5.84 Å². The molecule has 0 aliphatic rings. The van der Waals surface area contributed by atoms with E-state index < -0.39 is 0 Å². The topological polar surface area (TPSA) is 91.4 Å². The van der Waals surface area contributed by atoms with Crippen LogP contribution in [0.5, 0.6) is 0 Å². The van der Waals surface area contributed by atoms with Gasteiger partial charge in [0.05, 0.1) is 5.52 Å². The zero-order chi connectivity index (χ0) is 13.2. The van der Waals surface area contributed by atoms with Crippen molar-refractivity contribution in [2.45, 2.75) is 10.1 Å². The summed E-state index contributed by atoms with van der Waals surface area (Å²) in [5, 5.41) is 9.41. The molecule has 6 heteroatoms. The van der Waals surface area contributed by atoms with Gasteiger partial charge in [0.25, 0.3) is 0 Å².